The summed E-state index contributed by atoms with van der Waals surface area (Å²) in [6.07, 6.45) is 0.931. The minimum Gasteiger partial charge on any atom is -0.459 e. The Hall–Kier alpha value is -0.830. The molecular weight excluding hydrogens is 196 g/mol. The van der Waals surface area contributed by atoms with E-state index in [1.807, 2.05) is 26.8 Å². The van der Waals surface area contributed by atoms with Gasteiger partial charge in [0.1, 0.15) is 4.88 Å². The number of hydrogen-bond donors (Lipinski definition) is 0. The molecule has 0 radical (unpaired) electrons. The molecule has 0 bridgehead atoms. The van der Waals surface area contributed by atoms with Crippen molar-refractivity contribution in [3.8, 4) is 0 Å². The summed E-state index contributed by atoms with van der Waals surface area (Å²) in [5, 5.41) is 0. The fraction of sp³-hybridized carbons (Fsp3) is 0.545. The van der Waals surface area contributed by atoms with Crippen molar-refractivity contribution in [1.82, 2.24) is 0 Å². The molecule has 2 nitrogen and oxygen atoms in total. The minimum atomic E-state index is -0.201. The lowest BCUT2D eigenvalue weighted by Gasteiger charge is -2.05. The Bertz CT molecular complexity index is 326. The van der Waals surface area contributed by atoms with E-state index in [0.29, 0.717) is 4.88 Å². The normalized spacial score (nSPS) is 10.6. The molecule has 0 atom stereocenters. The first-order valence-electron chi connectivity index (χ1n) is 4.84. The van der Waals surface area contributed by atoms with Crippen LogP contribution in [0.2, 0.25) is 0 Å². The van der Waals surface area contributed by atoms with Crippen LogP contribution in [0, 0.1) is 6.92 Å². The van der Waals surface area contributed by atoms with Crippen LogP contribution in [0.3, 0.4) is 0 Å². The maximum Gasteiger partial charge on any atom is 0.348 e. The molecule has 14 heavy (non-hydrogen) atoms. The number of esters is 1. The molecule has 3 heteroatoms. The highest BCUT2D eigenvalue weighted by Gasteiger charge is 2.13. The van der Waals surface area contributed by atoms with Crippen molar-refractivity contribution in [2.75, 3.05) is 0 Å². The number of aryl methyl sites for hydroxylation is 2. The van der Waals surface area contributed by atoms with E-state index in [2.05, 4.69) is 6.92 Å². The monoisotopic (exact) mass is 212 g/mol. The molecule has 1 heterocycles. The van der Waals surface area contributed by atoms with Crippen molar-refractivity contribution in [3.63, 3.8) is 0 Å². The first kappa shape index (κ1) is 11.2. The van der Waals surface area contributed by atoms with Gasteiger partial charge >= 0.3 is 5.97 Å². The van der Waals surface area contributed by atoms with E-state index < -0.39 is 0 Å². The summed E-state index contributed by atoms with van der Waals surface area (Å²) in [6, 6.07) is 1.91. The topological polar surface area (TPSA) is 26.3 Å². The van der Waals surface area contributed by atoms with Crippen LogP contribution in [0.15, 0.2) is 6.07 Å². The fourth-order valence-electron chi connectivity index (χ4n) is 1.24. The van der Waals surface area contributed by atoms with E-state index in [1.54, 1.807) is 0 Å². The predicted octanol–water partition coefficient (Wildman–Crippen LogP) is 3.18. The molecule has 0 saturated heterocycles. The van der Waals surface area contributed by atoms with Gasteiger partial charge in [0.25, 0.3) is 0 Å². The third-order valence-electron chi connectivity index (χ3n) is 1.89. The number of carbonyl (C=O) groups is 1. The fourth-order valence-corrected chi connectivity index (χ4v) is 2.24. The van der Waals surface area contributed by atoms with Crippen LogP contribution in [0.4, 0.5) is 0 Å². The molecule has 0 amide bonds. The van der Waals surface area contributed by atoms with Crippen LogP contribution >= 0.6 is 11.3 Å². The summed E-state index contributed by atoms with van der Waals surface area (Å²) in [5.74, 6) is -0.201. The van der Waals surface area contributed by atoms with Gasteiger partial charge in [0.05, 0.1) is 6.10 Å². The second-order valence-corrected chi connectivity index (χ2v) is 4.66. The summed E-state index contributed by atoms with van der Waals surface area (Å²) in [6.45, 7) is 7.84. The van der Waals surface area contributed by atoms with Gasteiger partial charge in [-0.25, -0.2) is 4.79 Å². The SMILES string of the molecule is CCc1sc(C(=O)OC(C)C)cc1C. The average Bonchev–Trinajstić information content (AvgIpc) is 2.45. The van der Waals surface area contributed by atoms with E-state index in [9.17, 15) is 4.79 Å². The molecule has 0 aliphatic carbocycles. The quantitative estimate of drug-likeness (QED) is 0.719. The molecule has 78 valence electrons. The van der Waals surface area contributed by atoms with Crippen LogP contribution in [0.5, 0.6) is 0 Å². The van der Waals surface area contributed by atoms with Crippen molar-refractivity contribution in [2.24, 2.45) is 0 Å². The molecule has 0 aromatic carbocycles. The lowest BCUT2D eigenvalue weighted by molar-refractivity contribution is 0.0384. The Balaban J connectivity index is 2.80. The molecule has 0 aliphatic rings. The number of thiophene rings is 1. The minimum absolute atomic E-state index is 0.0463. The van der Waals surface area contributed by atoms with Gasteiger partial charge < -0.3 is 4.74 Å². The summed E-state index contributed by atoms with van der Waals surface area (Å²) < 4.78 is 5.12. The molecule has 0 aliphatic heterocycles. The second kappa shape index (κ2) is 4.60. The molecular formula is C11H16O2S. The Morgan fingerprint density at radius 2 is 2.21 bits per heavy atom. The Kier molecular flexibility index (Phi) is 3.69. The van der Waals surface area contributed by atoms with E-state index in [-0.39, 0.29) is 12.1 Å². The molecule has 0 N–H and O–H groups in total. The van der Waals surface area contributed by atoms with Gasteiger partial charge in [-0.3, -0.25) is 0 Å². The van der Waals surface area contributed by atoms with Crippen LogP contribution in [0.1, 0.15) is 40.9 Å². The van der Waals surface area contributed by atoms with Crippen molar-refractivity contribution in [1.29, 1.82) is 0 Å². The average molecular weight is 212 g/mol. The van der Waals surface area contributed by atoms with Crippen molar-refractivity contribution >= 4 is 17.3 Å². The molecule has 0 spiro atoms. The van der Waals surface area contributed by atoms with Gasteiger partial charge in [0, 0.05) is 4.88 Å². The van der Waals surface area contributed by atoms with Gasteiger partial charge in [-0.05, 0) is 38.8 Å². The predicted molar refractivity (Wildman–Crippen MR) is 59.0 cm³/mol. The lowest BCUT2D eigenvalue weighted by Crippen LogP contribution is -2.09. The van der Waals surface area contributed by atoms with Gasteiger partial charge in [-0.15, -0.1) is 11.3 Å². The molecule has 0 unspecified atom stereocenters. The van der Waals surface area contributed by atoms with Gasteiger partial charge in [0.15, 0.2) is 0 Å². The Morgan fingerprint density at radius 1 is 1.57 bits per heavy atom. The zero-order valence-corrected chi connectivity index (χ0v) is 9.90. The van der Waals surface area contributed by atoms with Crippen LogP contribution in [0.25, 0.3) is 0 Å². The summed E-state index contributed by atoms with van der Waals surface area (Å²) in [5.41, 5.74) is 1.19. The highest BCUT2D eigenvalue weighted by molar-refractivity contribution is 7.14. The van der Waals surface area contributed by atoms with Crippen molar-refractivity contribution in [2.45, 2.75) is 40.2 Å². The van der Waals surface area contributed by atoms with E-state index >= 15 is 0 Å². The summed E-state index contributed by atoms with van der Waals surface area (Å²) in [4.78, 5) is 13.5. The van der Waals surface area contributed by atoms with Gasteiger partial charge in [0.2, 0.25) is 0 Å². The lowest BCUT2D eigenvalue weighted by atomic mass is 10.2. The van der Waals surface area contributed by atoms with Crippen LogP contribution in [-0.4, -0.2) is 12.1 Å². The maximum absolute atomic E-state index is 11.5. The first-order valence-corrected chi connectivity index (χ1v) is 5.66. The molecule has 1 aromatic rings. The number of carbonyl (C=O) groups excluding carboxylic acids is 1. The van der Waals surface area contributed by atoms with Crippen molar-refractivity contribution in [3.05, 3.63) is 21.4 Å². The Morgan fingerprint density at radius 3 is 2.64 bits per heavy atom. The second-order valence-electron chi connectivity index (χ2n) is 3.52. The number of hydrogen-bond acceptors (Lipinski definition) is 3. The molecule has 0 fully saturated rings. The molecule has 1 aromatic heterocycles. The Labute approximate surface area is 88.9 Å². The largest absolute Gasteiger partial charge is 0.459 e. The van der Waals surface area contributed by atoms with E-state index in [1.165, 1.54) is 21.8 Å². The van der Waals surface area contributed by atoms with Gasteiger partial charge in [-0.1, -0.05) is 6.92 Å². The molecule has 1 rings (SSSR count). The summed E-state index contributed by atoms with van der Waals surface area (Å²) in [7, 11) is 0. The standard InChI is InChI=1S/C11H16O2S/c1-5-9-8(4)6-10(14-9)11(12)13-7(2)3/h6-7H,5H2,1-4H3. The van der Waals surface area contributed by atoms with E-state index in [0.717, 1.165) is 6.42 Å². The smallest absolute Gasteiger partial charge is 0.348 e. The molecule has 0 saturated carbocycles. The zero-order valence-electron chi connectivity index (χ0n) is 9.09. The van der Waals surface area contributed by atoms with Crippen LogP contribution in [-0.2, 0) is 11.2 Å². The number of rotatable bonds is 3. The van der Waals surface area contributed by atoms with Gasteiger partial charge in [-0.2, -0.15) is 0 Å². The number of ether oxygens (including phenoxy) is 1. The van der Waals surface area contributed by atoms with Crippen LogP contribution < -0.4 is 0 Å². The van der Waals surface area contributed by atoms with E-state index in [4.69, 9.17) is 4.74 Å². The van der Waals surface area contributed by atoms with Crippen molar-refractivity contribution < 1.29 is 9.53 Å². The third-order valence-corrected chi connectivity index (χ3v) is 3.25. The summed E-state index contributed by atoms with van der Waals surface area (Å²) >= 11 is 1.54. The highest BCUT2D eigenvalue weighted by atomic mass is 32.1. The maximum atomic E-state index is 11.5. The zero-order chi connectivity index (χ0) is 10.7. The first-order chi connectivity index (χ1) is 6.54. The third kappa shape index (κ3) is 2.58. The highest BCUT2D eigenvalue weighted by Crippen LogP contribution is 2.23.